The number of urea groups is 1. The van der Waals surface area contributed by atoms with Gasteiger partial charge < -0.3 is 15.1 Å². The van der Waals surface area contributed by atoms with Crippen LogP contribution in [0.25, 0.3) is 0 Å². The van der Waals surface area contributed by atoms with Gasteiger partial charge in [0.1, 0.15) is 0 Å². The van der Waals surface area contributed by atoms with Crippen LogP contribution < -0.4 is 10.2 Å². The Hall–Kier alpha value is -2.04. The topological polar surface area (TPSA) is 52.7 Å². The maximum Gasteiger partial charge on any atom is 0.317 e. The largest absolute Gasteiger partial charge is 0.333 e. The quantitative estimate of drug-likeness (QED) is 0.781. The summed E-state index contributed by atoms with van der Waals surface area (Å²) in [7, 11) is 0. The number of hydrogen-bond acceptors (Lipinski definition) is 2. The van der Waals surface area contributed by atoms with Crippen molar-refractivity contribution in [2.24, 2.45) is 0 Å². The Morgan fingerprint density at radius 2 is 1.76 bits per heavy atom. The number of nitrogens with zero attached hydrogens (tertiary/aromatic N) is 2. The van der Waals surface area contributed by atoms with E-state index < -0.39 is 0 Å². The number of carbonyl (C=O) groups excluding carboxylic acids is 2. The molecule has 0 spiro atoms. The first-order valence-corrected chi connectivity index (χ1v) is 9.47. The van der Waals surface area contributed by atoms with Crippen LogP contribution >= 0.6 is 0 Å². The molecule has 1 fully saturated rings. The van der Waals surface area contributed by atoms with Crippen molar-refractivity contribution in [3.63, 3.8) is 0 Å². The summed E-state index contributed by atoms with van der Waals surface area (Å²) < 4.78 is 0. The van der Waals surface area contributed by atoms with E-state index in [1.165, 1.54) is 5.56 Å². The molecule has 3 amide bonds. The first kappa shape index (κ1) is 19.3. The summed E-state index contributed by atoms with van der Waals surface area (Å²) in [5.41, 5.74) is 2.07. The minimum Gasteiger partial charge on any atom is -0.333 e. The lowest BCUT2D eigenvalue weighted by Gasteiger charge is -2.25. The van der Waals surface area contributed by atoms with Crippen molar-refractivity contribution in [1.82, 2.24) is 10.2 Å². The summed E-state index contributed by atoms with van der Waals surface area (Å²) >= 11 is 0. The molecule has 1 aliphatic heterocycles. The summed E-state index contributed by atoms with van der Waals surface area (Å²) in [6.07, 6.45) is 4.53. The molecule has 5 nitrogen and oxygen atoms in total. The van der Waals surface area contributed by atoms with Gasteiger partial charge in [-0.2, -0.15) is 0 Å². The van der Waals surface area contributed by atoms with Crippen LogP contribution in [0.4, 0.5) is 10.5 Å². The van der Waals surface area contributed by atoms with Crippen molar-refractivity contribution >= 4 is 17.6 Å². The second-order valence-corrected chi connectivity index (χ2v) is 6.88. The van der Waals surface area contributed by atoms with Crippen molar-refractivity contribution < 1.29 is 9.59 Å². The van der Waals surface area contributed by atoms with Crippen LogP contribution in [0.2, 0.25) is 0 Å². The molecule has 5 heteroatoms. The fraction of sp³-hybridized carbons (Fsp3) is 0.600. The standard InChI is InChI=1S/C20H31N3O2/c1-4-6-12-22(13-7-5-2)20(25)21-17-14-19(24)23(15-17)18-10-8-16(3)9-11-18/h8-11,17H,4-7,12-15H2,1-3H3,(H,21,25). The van der Waals surface area contributed by atoms with Crippen LogP contribution in [0, 0.1) is 6.92 Å². The van der Waals surface area contributed by atoms with Gasteiger partial charge in [-0.3, -0.25) is 4.79 Å². The Bertz CT molecular complexity index is 563. The van der Waals surface area contributed by atoms with Crippen molar-refractivity contribution in [3.8, 4) is 0 Å². The number of anilines is 1. The molecule has 138 valence electrons. The van der Waals surface area contributed by atoms with E-state index >= 15 is 0 Å². The fourth-order valence-electron chi connectivity index (χ4n) is 3.06. The van der Waals surface area contributed by atoms with Gasteiger partial charge in [-0.25, -0.2) is 4.79 Å². The Balaban J connectivity index is 1.94. The average Bonchev–Trinajstić information content (AvgIpc) is 2.96. The zero-order chi connectivity index (χ0) is 18.2. The number of carbonyl (C=O) groups is 2. The smallest absolute Gasteiger partial charge is 0.317 e. The Labute approximate surface area is 151 Å². The summed E-state index contributed by atoms with van der Waals surface area (Å²) in [5, 5.41) is 3.06. The van der Waals surface area contributed by atoms with Gasteiger partial charge in [0, 0.05) is 31.7 Å². The highest BCUT2D eigenvalue weighted by Gasteiger charge is 2.32. The van der Waals surface area contributed by atoms with Crippen molar-refractivity contribution in [2.45, 2.75) is 58.9 Å². The lowest BCUT2D eigenvalue weighted by molar-refractivity contribution is -0.117. The second-order valence-electron chi connectivity index (χ2n) is 6.88. The first-order chi connectivity index (χ1) is 12.0. The predicted octanol–water partition coefficient (Wildman–Crippen LogP) is 3.71. The van der Waals surface area contributed by atoms with Gasteiger partial charge in [-0.1, -0.05) is 44.4 Å². The normalized spacial score (nSPS) is 17.0. The number of unbranched alkanes of at least 4 members (excludes halogenated alkanes) is 2. The molecule has 1 N–H and O–H groups in total. The number of benzene rings is 1. The second kappa shape index (κ2) is 9.44. The highest BCUT2D eigenvalue weighted by molar-refractivity contribution is 5.96. The molecule has 1 aromatic rings. The Kier molecular flexibility index (Phi) is 7.29. The SMILES string of the molecule is CCCCN(CCCC)C(=O)NC1CC(=O)N(c2ccc(C)cc2)C1. The summed E-state index contributed by atoms with van der Waals surface area (Å²) in [5.74, 6) is 0.0721. The highest BCUT2D eigenvalue weighted by atomic mass is 16.2. The third kappa shape index (κ3) is 5.48. The van der Waals surface area contributed by atoms with Crippen LogP contribution in [0.5, 0.6) is 0 Å². The zero-order valence-corrected chi connectivity index (χ0v) is 15.8. The minimum absolute atomic E-state index is 0.0366. The Morgan fingerprint density at radius 3 is 2.32 bits per heavy atom. The van der Waals surface area contributed by atoms with E-state index in [-0.39, 0.29) is 18.0 Å². The van der Waals surface area contributed by atoms with Crippen molar-refractivity contribution in [2.75, 3.05) is 24.5 Å². The summed E-state index contributed by atoms with van der Waals surface area (Å²) in [6.45, 7) is 8.40. The molecule has 25 heavy (non-hydrogen) atoms. The number of hydrogen-bond donors (Lipinski definition) is 1. The van der Waals surface area contributed by atoms with Crippen LogP contribution in [-0.4, -0.2) is 42.5 Å². The highest BCUT2D eigenvalue weighted by Crippen LogP contribution is 2.22. The number of aryl methyl sites for hydroxylation is 1. The van der Waals surface area contributed by atoms with Crippen LogP contribution in [0.3, 0.4) is 0 Å². The van der Waals surface area contributed by atoms with Gasteiger partial charge in [0.25, 0.3) is 0 Å². The van der Waals surface area contributed by atoms with Gasteiger partial charge in [0.2, 0.25) is 5.91 Å². The van der Waals surface area contributed by atoms with E-state index in [0.717, 1.165) is 44.5 Å². The van der Waals surface area contributed by atoms with Crippen molar-refractivity contribution in [1.29, 1.82) is 0 Å². The van der Waals surface area contributed by atoms with E-state index in [0.29, 0.717) is 13.0 Å². The summed E-state index contributed by atoms with van der Waals surface area (Å²) in [4.78, 5) is 28.6. The molecule has 1 saturated heterocycles. The molecule has 0 radical (unpaired) electrons. The molecule has 0 aliphatic carbocycles. The maximum atomic E-state index is 12.6. The minimum atomic E-state index is -0.118. The van der Waals surface area contributed by atoms with Gasteiger partial charge in [0.05, 0.1) is 6.04 Å². The lowest BCUT2D eigenvalue weighted by Crippen LogP contribution is -2.46. The molecule has 1 atom stereocenters. The third-order valence-electron chi connectivity index (χ3n) is 4.65. The maximum absolute atomic E-state index is 12.6. The van der Waals surface area contributed by atoms with E-state index in [4.69, 9.17) is 0 Å². The molecular formula is C20H31N3O2. The van der Waals surface area contributed by atoms with E-state index in [1.807, 2.05) is 36.1 Å². The van der Waals surface area contributed by atoms with Crippen LogP contribution in [0.15, 0.2) is 24.3 Å². The molecule has 1 unspecified atom stereocenters. The van der Waals surface area contributed by atoms with E-state index in [9.17, 15) is 9.59 Å². The molecule has 2 rings (SSSR count). The first-order valence-electron chi connectivity index (χ1n) is 9.47. The van der Waals surface area contributed by atoms with Crippen LogP contribution in [0.1, 0.15) is 51.5 Å². The lowest BCUT2D eigenvalue weighted by atomic mass is 10.2. The molecule has 1 heterocycles. The molecule has 0 bridgehead atoms. The predicted molar refractivity (Wildman–Crippen MR) is 102 cm³/mol. The molecule has 1 aromatic carbocycles. The van der Waals surface area contributed by atoms with Gasteiger partial charge in [-0.05, 0) is 31.9 Å². The molecular weight excluding hydrogens is 314 g/mol. The molecule has 1 aliphatic rings. The molecule has 0 saturated carbocycles. The van der Waals surface area contributed by atoms with E-state index in [2.05, 4.69) is 19.2 Å². The average molecular weight is 345 g/mol. The van der Waals surface area contributed by atoms with Crippen LogP contribution in [-0.2, 0) is 4.79 Å². The third-order valence-corrected chi connectivity index (χ3v) is 4.65. The summed E-state index contributed by atoms with van der Waals surface area (Å²) in [6, 6.07) is 7.79. The monoisotopic (exact) mass is 345 g/mol. The molecule has 0 aromatic heterocycles. The number of nitrogens with one attached hydrogen (secondary N) is 1. The van der Waals surface area contributed by atoms with Crippen molar-refractivity contribution in [3.05, 3.63) is 29.8 Å². The van der Waals surface area contributed by atoms with Gasteiger partial charge in [0.15, 0.2) is 0 Å². The Morgan fingerprint density at radius 1 is 1.16 bits per heavy atom. The fourth-order valence-corrected chi connectivity index (χ4v) is 3.06. The van der Waals surface area contributed by atoms with E-state index in [1.54, 1.807) is 4.90 Å². The zero-order valence-electron chi connectivity index (χ0n) is 15.8. The number of amides is 3. The van der Waals surface area contributed by atoms with Gasteiger partial charge in [-0.15, -0.1) is 0 Å². The number of rotatable bonds is 8. The van der Waals surface area contributed by atoms with Gasteiger partial charge >= 0.3 is 6.03 Å².